The second-order valence-electron chi connectivity index (χ2n) is 5.86. The second kappa shape index (κ2) is 8.47. The van der Waals surface area contributed by atoms with E-state index in [1.165, 1.54) is 12.1 Å². The molecule has 5 nitrogen and oxygen atoms in total. The van der Waals surface area contributed by atoms with Crippen molar-refractivity contribution >= 4 is 33.2 Å². The van der Waals surface area contributed by atoms with Gasteiger partial charge in [0.2, 0.25) is 0 Å². The van der Waals surface area contributed by atoms with E-state index in [2.05, 4.69) is 6.92 Å². The standard InChI is InChI=1S/C19H19ClO5S/c1-3-4-13-5-7-14(8-6-13)18(21)12-25-19(22)16-11-15(26(2,23)24)9-10-17(16)20/h5-11H,3-4,12H2,1-2H3. The van der Waals surface area contributed by atoms with Crippen LogP contribution in [0.15, 0.2) is 47.4 Å². The molecule has 0 fully saturated rings. The first-order valence-electron chi connectivity index (χ1n) is 8.01. The van der Waals surface area contributed by atoms with Gasteiger partial charge < -0.3 is 4.74 Å². The van der Waals surface area contributed by atoms with E-state index in [0.29, 0.717) is 5.56 Å². The van der Waals surface area contributed by atoms with Crippen LogP contribution in [0.2, 0.25) is 5.02 Å². The van der Waals surface area contributed by atoms with Crippen molar-refractivity contribution in [3.63, 3.8) is 0 Å². The Morgan fingerprint density at radius 1 is 1.08 bits per heavy atom. The number of benzene rings is 2. The van der Waals surface area contributed by atoms with Gasteiger partial charge >= 0.3 is 5.97 Å². The number of ether oxygens (including phenoxy) is 1. The summed E-state index contributed by atoms with van der Waals surface area (Å²) < 4.78 is 28.2. The summed E-state index contributed by atoms with van der Waals surface area (Å²) in [4.78, 5) is 24.3. The van der Waals surface area contributed by atoms with Crippen LogP contribution in [0.1, 0.15) is 39.6 Å². The molecule has 0 saturated heterocycles. The number of esters is 1. The predicted octanol–water partition coefficient (Wildman–Crippen LogP) is 3.74. The van der Waals surface area contributed by atoms with Crippen LogP contribution in [-0.2, 0) is 21.0 Å². The molecule has 0 unspecified atom stereocenters. The molecular formula is C19H19ClO5S. The minimum Gasteiger partial charge on any atom is -0.454 e. The monoisotopic (exact) mass is 394 g/mol. The molecule has 138 valence electrons. The van der Waals surface area contributed by atoms with E-state index in [9.17, 15) is 18.0 Å². The normalized spacial score (nSPS) is 11.2. The lowest BCUT2D eigenvalue weighted by Crippen LogP contribution is -2.15. The van der Waals surface area contributed by atoms with Crippen molar-refractivity contribution in [2.24, 2.45) is 0 Å². The van der Waals surface area contributed by atoms with E-state index in [1.54, 1.807) is 12.1 Å². The highest BCUT2D eigenvalue weighted by Crippen LogP contribution is 2.21. The van der Waals surface area contributed by atoms with Crippen molar-refractivity contribution in [1.82, 2.24) is 0 Å². The third kappa shape index (κ3) is 5.16. The van der Waals surface area contributed by atoms with Gasteiger partial charge in [0.15, 0.2) is 22.2 Å². The number of halogens is 1. The molecule has 26 heavy (non-hydrogen) atoms. The van der Waals surface area contributed by atoms with E-state index in [0.717, 1.165) is 30.7 Å². The molecule has 0 spiro atoms. The van der Waals surface area contributed by atoms with Crippen molar-refractivity contribution in [3.8, 4) is 0 Å². The first-order valence-corrected chi connectivity index (χ1v) is 10.3. The Morgan fingerprint density at radius 3 is 2.31 bits per heavy atom. The zero-order valence-electron chi connectivity index (χ0n) is 14.5. The molecule has 0 atom stereocenters. The van der Waals surface area contributed by atoms with Gasteiger partial charge in [-0.25, -0.2) is 13.2 Å². The van der Waals surface area contributed by atoms with E-state index < -0.39 is 22.4 Å². The maximum atomic E-state index is 12.2. The number of Topliss-reactive ketones (excluding diaryl/α,β-unsaturated/α-hetero) is 1. The number of carbonyl (C=O) groups excluding carboxylic acids is 2. The fourth-order valence-corrected chi connectivity index (χ4v) is 3.17. The average molecular weight is 395 g/mol. The molecule has 0 aromatic heterocycles. The average Bonchev–Trinajstić information content (AvgIpc) is 2.59. The largest absolute Gasteiger partial charge is 0.454 e. The van der Waals surface area contributed by atoms with Crippen LogP contribution in [0.3, 0.4) is 0 Å². The maximum Gasteiger partial charge on any atom is 0.340 e. The Labute approximate surface area is 157 Å². The smallest absolute Gasteiger partial charge is 0.340 e. The van der Waals surface area contributed by atoms with Crippen LogP contribution in [0.5, 0.6) is 0 Å². The molecule has 2 aromatic carbocycles. The summed E-state index contributed by atoms with van der Waals surface area (Å²) in [6.07, 6.45) is 2.97. The fraction of sp³-hybridized carbons (Fsp3) is 0.263. The van der Waals surface area contributed by atoms with Gasteiger partial charge in [0.25, 0.3) is 0 Å². The maximum absolute atomic E-state index is 12.2. The first kappa shape index (κ1) is 20.1. The Balaban J connectivity index is 2.07. The van der Waals surface area contributed by atoms with E-state index in [4.69, 9.17) is 16.3 Å². The quantitative estimate of drug-likeness (QED) is 0.528. The molecule has 0 aliphatic carbocycles. The van der Waals surface area contributed by atoms with E-state index >= 15 is 0 Å². The number of hydrogen-bond acceptors (Lipinski definition) is 5. The van der Waals surface area contributed by atoms with Crippen LogP contribution in [0.25, 0.3) is 0 Å². The number of rotatable bonds is 7. The lowest BCUT2D eigenvalue weighted by atomic mass is 10.1. The Hall–Kier alpha value is -2.18. The second-order valence-corrected chi connectivity index (χ2v) is 8.28. The van der Waals surface area contributed by atoms with Crippen molar-refractivity contribution < 1.29 is 22.7 Å². The Kier molecular flexibility index (Phi) is 6.56. The molecule has 0 aliphatic rings. The van der Waals surface area contributed by atoms with Gasteiger partial charge in [-0.15, -0.1) is 0 Å². The van der Waals surface area contributed by atoms with Gasteiger partial charge in [-0.1, -0.05) is 49.2 Å². The number of carbonyl (C=O) groups is 2. The molecule has 7 heteroatoms. The molecular weight excluding hydrogens is 376 g/mol. The number of aryl methyl sites for hydroxylation is 1. The highest BCUT2D eigenvalue weighted by Gasteiger charge is 2.18. The van der Waals surface area contributed by atoms with Gasteiger partial charge in [0.1, 0.15) is 0 Å². The third-order valence-corrected chi connectivity index (χ3v) is 5.17. The molecule has 0 saturated carbocycles. The van der Waals surface area contributed by atoms with Gasteiger partial charge in [-0.2, -0.15) is 0 Å². The molecule has 0 radical (unpaired) electrons. The minimum absolute atomic E-state index is 0.0494. The summed E-state index contributed by atoms with van der Waals surface area (Å²) in [5.74, 6) is -1.20. The van der Waals surface area contributed by atoms with Crippen molar-refractivity contribution in [2.75, 3.05) is 12.9 Å². The first-order chi connectivity index (χ1) is 12.2. The molecule has 0 bridgehead atoms. The number of hydrogen-bond donors (Lipinski definition) is 0. The summed E-state index contributed by atoms with van der Waals surface area (Å²) in [6.45, 7) is 1.62. The summed E-state index contributed by atoms with van der Waals surface area (Å²) in [5, 5.41) is 0.0544. The van der Waals surface area contributed by atoms with Crippen molar-refractivity contribution in [2.45, 2.75) is 24.7 Å². The minimum atomic E-state index is -3.49. The zero-order valence-corrected chi connectivity index (χ0v) is 16.1. The molecule has 2 rings (SSSR count). The van der Waals surface area contributed by atoms with Crippen molar-refractivity contribution in [1.29, 1.82) is 0 Å². The van der Waals surface area contributed by atoms with Crippen LogP contribution < -0.4 is 0 Å². The topological polar surface area (TPSA) is 77.5 Å². The van der Waals surface area contributed by atoms with Gasteiger partial charge in [0.05, 0.1) is 15.5 Å². The molecule has 0 amide bonds. The van der Waals surface area contributed by atoms with Crippen LogP contribution in [-0.4, -0.2) is 33.0 Å². The van der Waals surface area contributed by atoms with Crippen LogP contribution in [0.4, 0.5) is 0 Å². The third-order valence-electron chi connectivity index (χ3n) is 3.73. The van der Waals surface area contributed by atoms with E-state index in [1.807, 2.05) is 12.1 Å². The van der Waals surface area contributed by atoms with Gasteiger partial charge in [-0.05, 0) is 30.2 Å². The fourth-order valence-electron chi connectivity index (χ4n) is 2.33. The number of ketones is 1. The van der Waals surface area contributed by atoms with Crippen LogP contribution in [0, 0.1) is 0 Å². The Morgan fingerprint density at radius 2 is 1.73 bits per heavy atom. The molecule has 2 aromatic rings. The lowest BCUT2D eigenvalue weighted by Gasteiger charge is -2.08. The van der Waals surface area contributed by atoms with E-state index in [-0.39, 0.29) is 21.3 Å². The number of sulfone groups is 1. The van der Waals surface area contributed by atoms with Gasteiger partial charge in [0, 0.05) is 11.8 Å². The summed E-state index contributed by atoms with van der Waals surface area (Å²) in [6, 6.07) is 10.9. The predicted molar refractivity (Wildman–Crippen MR) is 99.6 cm³/mol. The summed E-state index contributed by atoms with van der Waals surface area (Å²) >= 11 is 5.94. The SMILES string of the molecule is CCCc1ccc(C(=O)COC(=O)c2cc(S(C)(=O)=O)ccc2Cl)cc1. The molecule has 0 heterocycles. The summed E-state index contributed by atoms with van der Waals surface area (Å²) in [7, 11) is -3.49. The van der Waals surface area contributed by atoms with Crippen LogP contribution >= 0.6 is 11.6 Å². The lowest BCUT2D eigenvalue weighted by molar-refractivity contribution is 0.0474. The zero-order chi connectivity index (χ0) is 19.3. The highest BCUT2D eigenvalue weighted by molar-refractivity contribution is 7.90. The Bertz CT molecular complexity index is 917. The molecule has 0 N–H and O–H groups in total. The van der Waals surface area contributed by atoms with Gasteiger partial charge in [-0.3, -0.25) is 4.79 Å². The summed E-state index contributed by atoms with van der Waals surface area (Å²) in [5.41, 5.74) is 1.47. The van der Waals surface area contributed by atoms with Crippen molar-refractivity contribution in [3.05, 3.63) is 64.2 Å². The molecule has 0 aliphatic heterocycles. The highest BCUT2D eigenvalue weighted by atomic mass is 35.5.